The first-order valence-electron chi connectivity index (χ1n) is 10.2. The van der Waals surface area contributed by atoms with Crippen molar-refractivity contribution in [1.82, 2.24) is 19.5 Å². The normalized spacial score (nSPS) is 10.6. The Kier molecular flexibility index (Phi) is 6.32. The van der Waals surface area contributed by atoms with Crippen molar-refractivity contribution >= 4 is 23.1 Å². The minimum Gasteiger partial charge on any atom is -0.340 e. The number of carbonyl (C=O) groups excluding carboxylic acids is 1. The van der Waals surface area contributed by atoms with Gasteiger partial charge in [0.15, 0.2) is 0 Å². The fourth-order valence-corrected chi connectivity index (χ4v) is 3.27. The van der Waals surface area contributed by atoms with E-state index in [1.807, 2.05) is 66.2 Å². The van der Waals surface area contributed by atoms with Crippen molar-refractivity contribution in [3.8, 4) is 5.82 Å². The van der Waals surface area contributed by atoms with Crippen molar-refractivity contribution < 1.29 is 4.79 Å². The fourth-order valence-electron chi connectivity index (χ4n) is 3.27. The van der Waals surface area contributed by atoms with E-state index >= 15 is 0 Å². The number of nitrogens with zero attached hydrogens (tertiary/aromatic N) is 4. The van der Waals surface area contributed by atoms with Gasteiger partial charge in [0.05, 0.1) is 0 Å². The zero-order chi connectivity index (χ0) is 21.5. The summed E-state index contributed by atoms with van der Waals surface area (Å²) in [6, 6.07) is 19.6. The molecule has 31 heavy (non-hydrogen) atoms. The second-order valence-electron chi connectivity index (χ2n) is 7.20. The molecule has 0 saturated heterocycles. The molecule has 156 valence electrons. The SMILES string of the molecule is Cc1nccn1-c1cc(Nc2ccc(NC(=O)CCCc3ccccc3)cc2)ncn1. The lowest BCUT2D eigenvalue weighted by molar-refractivity contribution is -0.116. The van der Waals surface area contributed by atoms with Crippen molar-refractivity contribution in [2.75, 3.05) is 10.6 Å². The molecule has 4 aromatic rings. The summed E-state index contributed by atoms with van der Waals surface area (Å²) in [5.74, 6) is 2.30. The zero-order valence-corrected chi connectivity index (χ0v) is 17.3. The maximum Gasteiger partial charge on any atom is 0.224 e. The molecule has 2 N–H and O–H groups in total. The predicted molar refractivity (Wildman–Crippen MR) is 122 cm³/mol. The third-order valence-electron chi connectivity index (χ3n) is 4.88. The number of aryl methyl sites for hydroxylation is 2. The number of carbonyl (C=O) groups is 1. The molecule has 2 heterocycles. The highest BCUT2D eigenvalue weighted by atomic mass is 16.1. The number of rotatable bonds is 8. The van der Waals surface area contributed by atoms with Crippen LogP contribution in [0.4, 0.5) is 17.2 Å². The Morgan fingerprint density at radius 1 is 0.968 bits per heavy atom. The van der Waals surface area contributed by atoms with E-state index in [-0.39, 0.29) is 5.91 Å². The Morgan fingerprint density at radius 2 is 1.74 bits per heavy atom. The van der Waals surface area contributed by atoms with E-state index in [0.29, 0.717) is 12.2 Å². The summed E-state index contributed by atoms with van der Waals surface area (Å²) in [5, 5.41) is 6.21. The molecule has 2 aromatic heterocycles. The second-order valence-corrected chi connectivity index (χ2v) is 7.20. The van der Waals surface area contributed by atoms with Crippen LogP contribution < -0.4 is 10.6 Å². The summed E-state index contributed by atoms with van der Waals surface area (Å²) in [6.07, 6.45) is 7.32. The third-order valence-corrected chi connectivity index (χ3v) is 4.88. The number of nitrogens with one attached hydrogen (secondary N) is 2. The molecular formula is C24H24N6O. The highest BCUT2D eigenvalue weighted by Gasteiger charge is 2.06. The summed E-state index contributed by atoms with van der Waals surface area (Å²) in [5.41, 5.74) is 2.89. The Morgan fingerprint density at radius 3 is 2.48 bits per heavy atom. The molecule has 7 heteroatoms. The first-order chi connectivity index (χ1) is 15.2. The van der Waals surface area contributed by atoms with Gasteiger partial charge in [-0.2, -0.15) is 0 Å². The summed E-state index contributed by atoms with van der Waals surface area (Å²) in [4.78, 5) is 25.0. The van der Waals surface area contributed by atoms with E-state index in [2.05, 4.69) is 37.7 Å². The van der Waals surface area contributed by atoms with Crippen LogP contribution in [0.25, 0.3) is 5.82 Å². The van der Waals surface area contributed by atoms with Crippen LogP contribution >= 0.6 is 0 Å². The van der Waals surface area contributed by atoms with Gasteiger partial charge < -0.3 is 10.6 Å². The number of hydrogen-bond donors (Lipinski definition) is 2. The number of anilines is 3. The molecule has 0 fully saturated rings. The first-order valence-corrected chi connectivity index (χ1v) is 10.2. The average molecular weight is 412 g/mol. The van der Waals surface area contributed by atoms with E-state index < -0.39 is 0 Å². The molecule has 0 aliphatic heterocycles. The van der Waals surface area contributed by atoms with E-state index in [4.69, 9.17) is 0 Å². The molecule has 0 aliphatic carbocycles. The van der Waals surface area contributed by atoms with Gasteiger partial charge in [-0.25, -0.2) is 15.0 Å². The van der Waals surface area contributed by atoms with Crippen molar-refractivity contribution in [2.24, 2.45) is 0 Å². The summed E-state index contributed by atoms with van der Waals surface area (Å²) in [7, 11) is 0. The van der Waals surface area contributed by atoms with Crippen LogP contribution in [0.1, 0.15) is 24.2 Å². The third kappa shape index (κ3) is 5.54. The number of aromatic nitrogens is 4. The molecule has 2 aromatic carbocycles. The van der Waals surface area contributed by atoms with Gasteiger partial charge in [0.1, 0.15) is 23.8 Å². The van der Waals surface area contributed by atoms with Crippen LogP contribution in [0.3, 0.4) is 0 Å². The molecule has 1 amide bonds. The van der Waals surface area contributed by atoms with Gasteiger partial charge in [0, 0.05) is 36.3 Å². The molecule has 0 spiro atoms. The lowest BCUT2D eigenvalue weighted by Gasteiger charge is -2.10. The van der Waals surface area contributed by atoms with Crippen LogP contribution in [-0.2, 0) is 11.2 Å². The van der Waals surface area contributed by atoms with Gasteiger partial charge in [-0.3, -0.25) is 9.36 Å². The van der Waals surface area contributed by atoms with Gasteiger partial charge in [0.25, 0.3) is 0 Å². The summed E-state index contributed by atoms with van der Waals surface area (Å²) >= 11 is 0. The molecular weight excluding hydrogens is 388 g/mol. The van der Waals surface area contributed by atoms with Crippen LogP contribution in [0.15, 0.2) is 79.4 Å². The van der Waals surface area contributed by atoms with Crippen LogP contribution in [-0.4, -0.2) is 25.4 Å². The fraction of sp³-hybridized carbons (Fsp3) is 0.167. The monoisotopic (exact) mass is 412 g/mol. The summed E-state index contributed by atoms with van der Waals surface area (Å²) < 4.78 is 1.89. The highest BCUT2D eigenvalue weighted by molar-refractivity contribution is 5.90. The Hall–Kier alpha value is -4.00. The Labute approximate surface area is 181 Å². The number of benzene rings is 2. The van der Waals surface area contributed by atoms with Gasteiger partial charge in [-0.1, -0.05) is 30.3 Å². The van der Waals surface area contributed by atoms with Gasteiger partial charge >= 0.3 is 0 Å². The van der Waals surface area contributed by atoms with E-state index in [1.54, 1.807) is 6.20 Å². The topological polar surface area (TPSA) is 84.7 Å². The minimum absolute atomic E-state index is 0.0211. The lowest BCUT2D eigenvalue weighted by Crippen LogP contribution is -2.11. The molecule has 4 rings (SSSR count). The Bertz CT molecular complexity index is 1140. The second kappa shape index (κ2) is 9.67. The number of hydrogen-bond acceptors (Lipinski definition) is 5. The first kappa shape index (κ1) is 20.3. The van der Waals surface area contributed by atoms with E-state index in [0.717, 1.165) is 35.9 Å². The van der Waals surface area contributed by atoms with E-state index in [1.165, 1.54) is 11.9 Å². The maximum atomic E-state index is 12.2. The molecule has 0 atom stereocenters. The van der Waals surface area contributed by atoms with Crippen LogP contribution in [0.5, 0.6) is 0 Å². The lowest BCUT2D eigenvalue weighted by atomic mass is 10.1. The standard InChI is InChI=1S/C24H24N6O/c1-18-25-14-15-30(18)23-16-22(26-17-27-23)28-20-10-12-21(13-11-20)29-24(31)9-5-8-19-6-3-2-4-7-19/h2-4,6-7,10-17H,5,8-9H2,1H3,(H,29,31)(H,26,27,28). The average Bonchev–Trinajstić information content (AvgIpc) is 3.22. The molecule has 0 radical (unpaired) electrons. The molecule has 0 unspecified atom stereocenters. The predicted octanol–water partition coefficient (Wildman–Crippen LogP) is 4.68. The highest BCUT2D eigenvalue weighted by Crippen LogP contribution is 2.19. The smallest absolute Gasteiger partial charge is 0.224 e. The number of imidazole rings is 1. The quantitative estimate of drug-likeness (QED) is 0.439. The summed E-state index contributed by atoms with van der Waals surface area (Å²) in [6.45, 7) is 1.92. The van der Waals surface area contributed by atoms with Gasteiger partial charge in [-0.05, 0) is 49.6 Å². The zero-order valence-electron chi connectivity index (χ0n) is 17.3. The van der Waals surface area contributed by atoms with Crippen LogP contribution in [0, 0.1) is 6.92 Å². The maximum absolute atomic E-state index is 12.2. The van der Waals surface area contributed by atoms with Crippen molar-refractivity contribution in [1.29, 1.82) is 0 Å². The molecule has 7 nitrogen and oxygen atoms in total. The molecule has 0 aliphatic rings. The molecule has 0 bridgehead atoms. The van der Waals surface area contributed by atoms with Crippen molar-refractivity contribution in [2.45, 2.75) is 26.2 Å². The minimum atomic E-state index is 0.0211. The van der Waals surface area contributed by atoms with Crippen LogP contribution in [0.2, 0.25) is 0 Å². The van der Waals surface area contributed by atoms with Gasteiger partial charge in [-0.15, -0.1) is 0 Å². The largest absolute Gasteiger partial charge is 0.340 e. The molecule has 0 saturated carbocycles. The number of amides is 1. The van der Waals surface area contributed by atoms with E-state index in [9.17, 15) is 4.79 Å². The Balaban J connectivity index is 1.30. The van der Waals surface area contributed by atoms with Crippen molar-refractivity contribution in [3.63, 3.8) is 0 Å². The van der Waals surface area contributed by atoms with Gasteiger partial charge in [0.2, 0.25) is 5.91 Å². The van der Waals surface area contributed by atoms with Crippen molar-refractivity contribution in [3.05, 3.63) is 90.8 Å².